The minimum atomic E-state index is -0.833. The standard InChI is InChI=1S/C24H24ClF2N3O2/c25-19-4-2-1-3-18(19)22-14-28-24(32-22)8-7-23(31)29-17-9-11-30(12-10-17)15-16-5-6-20(26)21(27)13-16/h1-6,13-14,17H,7-12,15H2,(H,29,31). The molecule has 1 aliphatic heterocycles. The first-order valence-electron chi connectivity index (χ1n) is 10.6. The van der Waals surface area contributed by atoms with Crippen LogP contribution >= 0.6 is 11.6 Å². The first-order chi connectivity index (χ1) is 15.5. The minimum absolute atomic E-state index is 0.0402. The Morgan fingerprint density at radius 3 is 2.69 bits per heavy atom. The molecular weight excluding hydrogens is 436 g/mol. The fourth-order valence-electron chi connectivity index (χ4n) is 3.86. The molecular formula is C24H24ClF2N3O2. The number of aromatic nitrogens is 1. The third-order valence-electron chi connectivity index (χ3n) is 5.60. The minimum Gasteiger partial charge on any atom is -0.441 e. The Hall–Kier alpha value is -2.77. The monoisotopic (exact) mass is 459 g/mol. The molecule has 1 fully saturated rings. The molecule has 2 heterocycles. The molecule has 1 N–H and O–H groups in total. The van der Waals surface area contributed by atoms with Crippen molar-refractivity contribution < 1.29 is 18.0 Å². The fourth-order valence-corrected chi connectivity index (χ4v) is 4.09. The first kappa shape index (κ1) is 22.4. The van der Waals surface area contributed by atoms with Gasteiger partial charge in [-0.1, -0.05) is 29.8 Å². The van der Waals surface area contributed by atoms with Gasteiger partial charge in [-0.2, -0.15) is 0 Å². The number of nitrogens with one attached hydrogen (secondary N) is 1. The van der Waals surface area contributed by atoms with Crippen LogP contribution in [0.5, 0.6) is 0 Å². The van der Waals surface area contributed by atoms with Crippen LogP contribution in [-0.2, 0) is 17.8 Å². The van der Waals surface area contributed by atoms with Crippen LogP contribution in [0.2, 0.25) is 5.02 Å². The molecule has 0 radical (unpaired) electrons. The Balaban J connectivity index is 1.20. The lowest BCUT2D eigenvalue weighted by Crippen LogP contribution is -2.44. The van der Waals surface area contributed by atoms with E-state index in [9.17, 15) is 13.6 Å². The Kier molecular flexibility index (Phi) is 7.17. The zero-order valence-corrected chi connectivity index (χ0v) is 18.2. The van der Waals surface area contributed by atoms with Gasteiger partial charge in [-0.05, 0) is 42.7 Å². The van der Waals surface area contributed by atoms with E-state index in [4.69, 9.17) is 16.0 Å². The van der Waals surface area contributed by atoms with Gasteiger partial charge in [-0.3, -0.25) is 9.69 Å². The highest BCUT2D eigenvalue weighted by molar-refractivity contribution is 6.33. The molecule has 0 spiro atoms. The number of piperidine rings is 1. The zero-order valence-electron chi connectivity index (χ0n) is 17.5. The van der Waals surface area contributed by atoms with Crippen LogP contribution in [-0.4, -0.2) is 34.9 Å². The van der Waals surface area contributed by atoms with Crippen LogP contribution in [0.3, 0.4) is 0 Å². The molecule has 4 rings (SSSR count). The summed E-state index contributed by atoms with van der Waals surface area (Å²) in [6.45, 7) is 2.13. The van der Waals surface area contributed by atoms with Crippen molar-refractivity contribution in [3.8, 4) is 11.3 Å². The van der Waals surface area contributed by atoms with Crippen LogP contribution in [0.15, 0.2) is 53.1 Å². The predicted molar refractivity (Wildman–Crippen MR) is 118 cm³/mol. The average Bonchev–Trinajstić information content (AvgIpc) is 3.25. The number of aryl methyl sites for hydroxylation is 1. The molecule has 0 saturated carbocycles. The number of rotatable bonds is 7. The van der Waals surface area contributed by atoms with Gasteiger partial charge < -0.3 is 9.73 Å². The van der Waals surface area contributed by atoms with E-state index in [2.05, 4.69) is 15.2 Å². The molecule has 1 aliphatic rings. The van der Waals surface area contributed by atoms with E-state index in [1.54, 1.807) is 18.3 Å². The maximum Gasteiger partial charge on any atom is 0.220 e. The summed E-state index contributed by atoms with van der Waals surface area (Å²) in [5.74, 6) is -0.618. The van der Waals surface area contributed by atoms with Crippen LogP contribution in [0.1, 0.15) is 30.7 Å². The van der Waals surface area contributed by atoms with Crippen molar-refractivity contribution in [1.29, 1.82) is 0 Å². The van der Waals surface area contributed by atoms with E-state index in [0.717, 1.165) is 43.1 Å². The maximum absolute atomic E-state index is 13.4. The molecule has 168 valence electrons. The number of carbonyl (C=O) groups is 1. The number of halogens is 3. The van der Waals surface area contributed by atoms with Gasteiger partial charge in [0.05, 0.1) is 11.2 Å². The van der Waals surface area contributed by atoms with Crippen molar-refractivity contribution >= 4 is 17.5 Å². The summed E-state index contributed by atoms with van der Waals surface area (Å²) < 4.78 is 32.2. The number of oxazole rings is 1. The smallest absolute Gasteiger partial charge is 0.220 e. The molecule has 0 bridgehead atoms. The summed E-state index contributed by atoms with van der Waals surface area (Å²) in [7, 11) is 0. The van der Waals surface area contributed by atoms with E-state index >= 15 is 0 Å². The highest BCUT2D eigenvalue weighted by atomic mass is 35.5. The Morgan fingerprint density at radius 2 is 1.94 bits per heavy atom. The van der Waals surface area contributed by atoms with Crippen molar-refractivity contribution in [2.24, 2.45) is 0 Å². The molecule has 32 heavy (non-hydrogen) atoms. The summed E-state index contributed by atoms with van der Waals surface area (Å²) in [4.78, 5) is 18.8. The first-order valence-corrected chi connectivity index (χ1v) is 11.0. The lowest BCUT2D eigenvalue weighted by molar-refractivity contribution is -0.122. The van der Waals surface area contributed by atoms with Gasteiger partial charge in [0.25, 0.3) is 0 Å². The summed E-state index contributed by atoms with van der Waals surface area (Å²) >= 11 is 6.19. The number of hydrogen-bond acceptors (Lipinski definition) is 4. The van der Waals surface area contributed by atoms with Crippen molar-refractivity contribution in [1.82, 2.24) is 15.2 Å². The molecule has 1 aromatic heterocycles. The topological polar surface area (TPSA) is 58.4 Å². The van der Waals surface area contributed by atoms with Crippen LogP contribution in [0.25, 0.3) is 11.3 Å². The number of likely N-dealkylation sites (tertiary alicyclic amines) is 1. The molecule has 1 saturated heterocycles. The number of benzene rings is 2. The van der Waals surface area contributed by atoms with Crippen LogP contribution < -0.4 is 5.32 Å². The number of amides is 1. The van der Waals surface area contributed by atoms with Gasteiger partial charge in [-0.15, -0.1) is 0 Å². The molecule has 8 heteroatoms. The van der Waals surface area contributed by atoms with E-state index in [-0.39, 0.29) is 18.4 Å². The molecule has 1 amide bonds. The zero-order chi connectivity index (χ0) is 22.5. The quantitative estimate of drug-likeness (QED) is 0.541. The third kappa shape index (κ3) is 5.72. The van der Waals surface area contributed by atoms with Gasteiger partial charge >= 0.3 is 0 Å². The lowest BCUT2D eigenvalue weighted by Gasteiger charge is -2.32. The second-order valence-corrected chi connectivity index (χ2v) is 8.37. The van der Waals surface area contributed by atoms with Crippen molar-refractivity contribution in [2.45, 2.75) is 38.3 Å². The molecule has 5 nitrogen and oxygen atoms in total. The maximum atomic E-state index is 13.4. The normalized spacial score (nSPS) is 15.1. The molecule has 2 aromatic carbocycles. The fraction of sp³-hybridized carbons (Fsp3) is 0.333. The molecule has 3 aromatic rings. The molecule has 0 atom stereocenters. The third-order valence-corrected chi connectivity index (χ3v) is 5.93. The Morgan fingerprint density at radius 1 is 1.16 bits per heavy atom. The predicted octanol–water partition coefficient (Wildman–Crippen LogP) is 4.99. The second-order valence-electron chi connectivity index (χ2n) is 7.96. The van der Waals surface area contributed by atoms with Gasteiger partial charge in [0, 0.05) is 44.1 Å². The van der Waals surface area contributed by atoms with Gasteiger partial charge in [-0.25, -0.2) is 13.8 Å². The Labute approximate surface area is 190 Å². The second kappa shape index (κ2) is 10.2. The van der Waals surface area contributed by atoms with Gasteiger partial charge in [0.15, 0.2) is 23.3 Å². The lowest BCUT2D eigenvalue weighted by atomic mass is 10.0. The summed E-state index contributed by atoms with van der Waals surface area (Å²) in [5.41, 5.74) is 1.51. The van der Waals surface area contributed by atoms with E-state index in [1.165, 1.54) is 6.07 Å². The average molecular weight is 460 g/mol. The number of nitrogens with zero attached hydrogens (tertiary/aromatic N) is 2. The van der Waals surface area contributed by atoms with E-state index in [0.29, 0.717) is 29.6 Å². The van der Waals surface area contributed by atoms with Crippen LogP contribution in [0, 0.1) is 11.6 Å². The molecule has 0 aliphatic carbocycles. The summed E-state index contributed by atoms with van der Waals surface area (Å²) in [6.07, 6.45) is 3.94. The van der Waals surface area contributed by atoms with Gasteiger partial charge in [0.1, 0.15) is 0 Å². The van der Waals surface area contributed by atoms with Gasteiger partial charge in [0.2, 0.25) is 5.91 Å². The highest BCUT2D eigenvalue weighted by Gasteiger charge is 2.21. The van der Waals surface area contributed by atoms with E-state index < -0.39 is 11.6 Å². The van der Waals surface area contributed by atoms with Crippen molar-refractivity contribution in [2.75, 3.05) is 13.1 Å². The Bertz CT molecular complexity index is 1080. The number of carbonyl (C=O) groups excluding carboxylic acids is 1. The molecule has 0 unspecified atom stereocenters. The summed E-state index contributed by atoms with van der Waals surface area (Å²) in [5, 5.41) is 3.66. The van der Waals surface area contributed by atoms with Crippen molar-refractivity contribution in [3.63, 3.8) is 0 Å². The van der Waals surface area contributed by atoms with E-state index in [1.807, 2.05) is 18.2 Å². The highest BCUT2D eigenvalue weighted by Crippen LogP contribution is 2.28. The SMILES string of the molecule is O=C(CCc1ncc(-c2ccccc2Cl)o1)NC1CCN(Cc2ccc(F)c(F)c2)CC1. The van der Waals surface area contributed by atoms with Crippen molar-refractivity contribution in [3.05, 3.63) is 76.8 Å². The van der Waals surface area contributed by atoms with Crippen LogP contribution in [0.4, 0.5) is 8.78 Å². The summed E-state index contributed by atoms with van der Waals surface area (Å²) in [6, 6.07) is 11.5. The number of hydrogen-bond donors (Lipinski definition) is 1. The largest absolute Gasteiger partial charge is 0.441 e.